The number of carbonyl (C=O) groups is 1. The van der Waals surface area contributed by atoms with E-state index in [-0.39, 0.29) is 0 Å². The van der Waals surface area contributed by atoms with Gasteiger partial charge in [0, 0.05) is 6.07 Å². The van der Waals surface area contributed by atoms with Gasteiger partial charge in [0.1, 0.15) is 5.82 Å². The van der Waals surface area contributed by atoms with Gasteiger partial charge in [-0.15, -0.1) is 0 Å². The van der Waals surface area contributed by atoms with Gasteiger partial charge >= 0.3 is 0 Å². The Hall–Kier alpha value is -1.36. The highest BCUT2D eigenvalue weighted by molar-refractivity contribution is 6.00. The number of rotatable bonds is 3. The molecule has 1 atom stereocenters. The van der Waals surface area contributed by atoms with Crippen LogP contribution in [0.15, 0.2) is 12.1 Å². The first-order valence-electron chi connectivity index (χ1n) is 4.41. The number of halogens is 3. The number of ketones is 1. The summed E-state index contributed by atoms with van der Waals surface area (Å²) in [5, 5.41) is 0. The lowest BCUT2D eigenvalue weighted by Gasteiger charge is -2.08. The molecule has 82 valence electrons. The summed E-state index contributed by atoms with van der Waals surface area (Å²) in [5.74, 6) is -4.41. The summed E-state index contributed by atoms with van der Waals surface area (Å²) in [5.41, 5.74) is 4.86. The van der Waals surface area contributed by atoms with E-state index in [1.807, 2.05) is 0 Å². The van der Waals surface area contributed by atoms with Crippen LogP contribution in [0.1, 0.15) is 23.7 Å². The van der Waals surface area contributed by atoms with Crippen molar-refractivity contribution in [3.8, 4) is 0 Å². The zero-order valence-corrected chi connectivity index (χ0v) is 8.06. The van der Waals surface area contributed by atoms with Crippen molar-refractivity contribution in [1.29, 1.82) is 0 Å². The fourth-order valence-corrected chi connectivity index (χ4v) is 1.10. The third kappa shape index (κ3) is 2.36. The minimum atomic E-state index is -1.32. The van der Waals surface area contributed by atoms with Gasteiger partial charge in [0.2, 0.25) is 0 Å². The van der Waals surface area contributed by atoms with Crippen LogP contribution in [0.4, 0.5) is 13.2 Å². The Morgan fingerprint density at radius 1 is 1.27 bits per heavy atom. The first-order chi connectivity index (χ1) is 6.97. The van der Waals surface area contributed by atoms with Gasteiger partial charge in [-0.1, -0.05) is 6.92 Å². The average molecular weight is 217 g/mol. The lowest BCUT2D eigenvalue weighted by Crippen LogP contribution is -2.30. The van der Waals surface area contributed by atoms with E-state index in [1.165, 1.54) is 0 Å². The molecular weight excluding hydrogens is 207 g/mol. The summed E-state index contributed by atoms with van der Waals surface area (Å²) in [7, 11) is 0. The summed E-state index contributed by atoms with van der Waals surface area (Å²) >= 11 is 0. The largest absolute Gasteiger partial charge is 0.321 e. The van der Waals surface area contributed by atoms with Gasteiger partial charge in [0.05, 0.1) is 11.6 Å². The molecule has 0 aliphatic heterocycles. The molecule has 0 amide bonds. The van der Waals surface area contributed by atoms with Gasteiger partial charge in [-0.25, -0.2) is 13.2 Å². The molecule has 1 unspecified atom stereocenters. The van der Waals surface area contributed by atoms with E-state index in [2.05, 4.69) is 0 Å². The molecule has 15 heavy (non-hydrogen) atoms. The molecular formula is C10H10F3NO. The summed E-state index contributed by atoms with van der Waals surface area (Å²) in [6.07, 6.45) is 0.303. The topological polar surface area (TPSA) is 43.1 Å². The predicted octanol–water partition coefficient (Wildman–Crippen LogP) is 2.02. The fraction of sp³-hybridized carbons (Fsp3) is 0.300. The van der Waals surface area contributed by atoms with E-state index < -0.39 is 34.8 Å². The molecule has 0 heterocycles. The van der Waals surface area contributed by atoms with E-state index >= 15 is 0 Å². The minimum absolute atomic E-state index is 0.303. The molecule has 0 saturated heterocycles. The van der Waals surface area contributed by atoms with Crippen molar-refractivity contribution in [1.82, 2.24) is 0 Å². The zero-order chi connectivity index (χ0) is 11.6. The molecule has 0 aliphatic rings. The van der Waals surface area contributed by atoms with Crippen LogP contribution in [0.5, 0.6) is 0 Å². The lowest BCUT2D eigenvalue weighted by atomic mass is 10.0. The predicted molar refractivity (Wildman–Crippen MR) is 48.9 cm³/mol. The minimum Gasteiger partial charge on any atom is -0.321 e. The van der Waals surface area contributed by atoms with Crippen molar-refractivity contribution in [2.75, 3.05) is 0 Å². The number of carbonyl (C=O) groups excluding carboxylic acids is 1. The van der Waals surface area contributed by atoms with E-state index in [0.717, 1.165) is 0 Å². The molecule has 0 saturated carbocycles. The highest BCUT2D eigenvalue weighted by Crippen LogP contribution is 2.15. The SMILES string of the molecule is CCC(N)C(=O)c1cc(F)c(F)cc1F. The molecule has 0 bridgehead atoms. The second kappa shape index (κ2) is 4.44. The van der Waals surface area contributed by atoms with Gasteiger partial charge in [-0.2, -0.15) is 0 Å². The quantitative estimate of drug-likeness (QED) is 0.621. The highest BCUT2D eigenvalue weighted by Gasteiger charge is 2.20. The summed E-state index contributed by atoms with van der Waals surface area (Å²) < 4.78 is 38.4. The van der Waals surface area contributed by atoms with Gasteiger partial charge in [0.15, 0.2) is 17.4 Å². The third-order valence-electron chi connectivity index (χ3n) is 2.05. The Morgan fingerprint density at radius 2 is 1.80 bits per heavy atom. The molecule has 0 fully saturated rings. The monoisotopic (exact) mass is 217 g/mol. The molecule has 0 radical (unpaired) electrons. The van der Waals surface area contributed by atoms with Crippen molar-refractivity contribution in [2.24, 2.45) is 5.73 Å². The number of nitrogens with two attached hydrogens (primary N) is 1. The molecule has 5 heteroatoms. The molecule has 0 aliphatic carbocycles. The van der Waals surface area contributed by atoms with Crippen LogP contribution in [0, 0.1) is 17.5 Å². The van der Waals surface area contributed by atoms with Gasteiger partial charge in [0.25, 0.3) is 0 Å². The van der Waals surface area contributed by atoms with Crippen LogP contribution in [0.3, 0.4) is 0 Å². The van der Waals surface area contributed by atoms with Gasteiger partial charge in [-0.05, 0) is 12.5 Å². The fourth-order valence-electron chi connectivity index (χ4n) is 1.10. The molecule has 0 spiro atoms. The van der Waals surface area contributed by atoms with Crippen molar-refractivity contribution in [3.05, 3.63) is 35.1 Å². The Labute approximate surface area is 84.9 Å². The molecule has 1 aromatic carbocycles. The lowest BCUT2D eigenvalue weighted by molar-refractivity contribution is 0.0954. The van der Waals surface area contributed by atoms with Crippen molar-refractivity contribution < 1.29 is 18.0 Å². The van der Waals surface area contributed by atoms with Crippen LogP contribution >= 0.6 is 0 Å². The van der Waals surface area contributed by atoms with Gasteiger partial charge in [-0.3, -0.25) is 4.79 Å². The number of hydrogen-bond acceptors (Lipinski definition) is 2. The normalized spacial score (nSPS) is 12.6. The standard InChI is InChI=1S/C10H10F3NO/c1-2-9(14)10(15)5-3-7(12)8(13)4-6(5)11/h3-4,9H,2,14H2,1H3. The smallest absolute Gasteiger partial charge is 0.182 e. The van der Waals surface area contributed by atoms with Crippen LogP contribution in [-0.2, 0) is 0 Å². The second-order valence-corrected chi connectivity index (χ2v) is 3.13. The van der Waals surface area contributed by atoms with Gasteiger partial charge < -0.3 is 5.73 Å². The Balaban J connectivity index is 3.15. The first-order valence-corrected chi connectivity index (χ1v) is 4.41. The Bertz CT molecular complexity index is 392. The number of hydrogen-bond donors (Lipinski definition) is 1. The average Bonchev–Trinajstić information content (AvgIpc) is 2.21. The maximum Gasteiger partial charge on any atom is 0.182 e. The highest BCUT2D eigenvalue weighted by atomic mass is 19.2. The third-order valence-corrected chi connectivity index (χ3v) is 2.05. The van der Waals surface area contributed by atoms with Crippen molar-refractivity contribution >= 4 is 5.78 Å². The maximum atomic E-state index is 13.1. The van der Waals surface area contributed by atoms with Crippen molar-refractivity contribution in [2.45, 2.75) is 19.4 Å². The van der Waals surface area contributed by atoms with Crippen LogP contribution in [0.2, 0.25) is 0 Å². The summed E-state index contributed by atoms with van der Waals surface area (Å²) in [6.45, 7) is 1.64. The van der Waals surface area contributed by atoms with Crippen LogP contribution in [0.25, 0.3) is 0 Å². The molecule has 0 aromatic heterocycles. The maximum absolute atomic E-state index is 13.1. The first kappa shape index (κ1) is 11.7. The van der Waals surface area contributed by atoms with Crippen molar-refractivity contribution in [3.63, 3.8) is 0 Å². The molecule has 2 N–H and O–H groups in total. The Kier molecular flexibility index (Phi) is 3.47. The van der Waals surface area contributed by atoms with E-state index in [0.29, 0.717) is 18.6 Å². The zero-order valence-electron chi connectivity index (χ0n) is 8.06. The Morgan fingerprint density at radius 3 is 2.33 bits per heavy atom. The van der Waals surface area contributed by atoms with Crippen LogP contribution in [-0.4, -0.2) is 11.8 Å². The molecule has 1 rings (SSSR count). The summed E-state index contributed by atoms with van der Waals surface area (Å²) in [6, 6.07) is -0.0302. The number of benzene rings is 1. The van der Waals surface area contributed by atoms with Crippen LogP contribution < -0.4 is 5.73 Å². The summed E-state index contributed by atoms with van der Waals surface area (Å²) in [4.78, 5) is 11.4. The van der Waals surface area contributed by atoms with E-state index in [1.54, 1.807) is 6.92 Å². The molecule has 2 nitrogen and oxygen atoms in total. The second-order valence-electron chi connectivity index (χ2n) is 3.13. The van der Waals surface area contributed by atoms with E-state index in [9.17, 15) is 18.0 Å². The van der Waals surface area contributed by atoms with E-state index in [4.69, 9.17) is 5.73 Å². The number of Topliss-reactive ketones (excluding diaryl/α,β-unsaturated/α-hetero) is 1. The molecule has 1 aromatic rings.